The summed E-state index contributed by atoms with van der Waals surface area (Å²) in [5.41, 5.74) is 6.15. The summed E-state index contributed by atoms with van der Waals surface area (Å²) in [5, 5.41) is 13.9. The van der Waals surface area contributed by atoms with Gasteiger partial charge in [-0.15, -0.1) is 0 Å². The number of primary amides is 1. The van der Waals surface area contributed by atoms with Crippen LogP contribution in [0.3, 0.4) is 0 Å². The highest BCUT2D eigenvalue weighted by molar-refractivity contribution is 6.44. The lowest BCUT2D eigenvalue weighted by Gasteiger charge is -2.16. The van der Waals surface area contributed by atoms with Gasteiger partial charge in [0.2, 0.25) is 5.91 Å². The summed E-state index contributed by atoms with van der Waals surface area (Å²) in [7, 11) is 0. The van der Waals surface area contributed by atoms with E-state index in [1.807, 2.05) is 32.9 Å². The average molecular weight is 497 g/mol. The molecule has 11 heteroatoms. The molecule has 8 nitrogen and oxygen atoms in total. The minimum Gasteiger partial charge on any atom is -0.477 e. The van der Waals surface area contributed by atoms with E-state index in [9.17, 15) is 23.2 Å². The van der Waals surface area contributed by atoms with Gasteiger partial charge in [0.25, 0.3) is 5.91 Å². The number of nitrogens with two attached hydrogens (primary N) is 1. The van der Waals surface area contributed by atoms with Gasteiger partial charge in [0.1, 0.15) is 17.2 Å². The quantitative estimate of drug-likeness (QED) is 0.364. The van der Waals surface area contributed by atoms with Crippen molar-refractivity contribution in [2.75, 3.05) is 0 Å². The van der Waals surface area contributed by atoms with Crippen LogP contribution in [0, 0.1) is 11.6 Å². The number of nitrogens with one attached hydrogen (secondary N) is 2. The van der Waals surface area contributed by atoms with Gasteiger partial charge in [0.15, 0.2) is 11.6 Å². The number of carbonyl (C=O) groups is 3. The van der Waals surface area contributed by atoms with E-state index in [0.29, 0.717) is 5.56 Å². The van der Waals surface area contributed by atoms with Crippen LogP contribution in [0.1, 0.15) is 33.3 Å². The van der Waals surface area contributed by atoms with Gasteiger partial charge in [0, 0.05) is 12.6 Å². The van der Waals surface area contributed by atoms with E-state index in [4.69, 9.17) is 22.4 Å². The number of aliphatic carboxylic acids is 1. The number of nitrogens with zero attached hydrogens (tertiary/aromatic N) is 1. The maximum absolute atomic E-state index is 13.2. The van der Waals surface area contributed by atoms with Crippen LogP contribution in [0.5, 0.6) is 0 Å². The molecule has 34 heavy (non-hydrogen) atoms. The number of allylic oxidation sites excluding steroid dienone is 3. The summed E-state index contributed by atoms with van der Waals surface area (Å²) in [6.45, 7) is 7.04. The number of halogens is 3. The van der Waals surface area contributed by atoms with Crippen LogP contribution in [0.4, 0.5) is 8.78 Å². The van der Waals surface area contributed by atoms with Crippen LogP contribution in [-0.4, -0.2) is 28.6 Å². The van der Waals surface area contributed by atoms with E-state index in [1.54, 1.807) is 6.08 Å². The first-order valence-corrected chi connectivity index (χ1v) is 10.3. The first-order valence-electron chi connectivity index (χ1n) is 9.84. The Morgan fingerprint density at radius 2 is 1.74 bits per heavy atom. The van der Waals surface area contributed by atoms with Crippen LogP contribution in [0.25, 0.3) is 0 Å². The van der Waals surface area contributed by atoms with Crippen molar-refractivity contribution in [1.82, 2.24) is 10.6 Å². The zero-order valence-electron chi connectivity index (χ0n) is 19.2. The van der Waals surface area contributed by atoms with Gasteiger partial charge < -0.3 is 21.5 Å². The average Bonchev–Trinajstić information content (AvgIpc) is 2.83. The molecule has 0 aromatic heterocycles. The van der Waals surface area contributed by atoms with E-state index >= 15 is 0 Å². The number of carboxylic acids is 1. The Hall–Kier alpha value is -3.79. The summed E-state index contributed by atoms with van der Waals surface area (Å²) in [6, 6.07) is 3.11. The van der Waals surface area contributed by atoms with Gasteiger partial charge in [-0.25, -0.2) is 18.6 Å². The molecule has 0 saturated heterocycles. The molecule has 5 N–H and O–H groups in total. The van der Waals surface area contributed by atoms with Gasteiger partial charge >= 0.3 is 5.97 Å². The zero-order valence-corrected chi connectivity index (χ0v) is 19.9. The maximum atomic E-state index is 13.2. The fraction of sp³-hybridized carbons (Fsp3) is 0.217. The van der Waals surface area contributed by atoms with Crippen LogP contribution in [-0.2, 0) is 20.9 Å². The monoisotopic (exact) mass is 496 g/mol. The van der Waals surface area contributed by atoms with E-state index in [0.717, 1.165) is 18.2 Å². The SMILES string of the molecule is C/C(C(N)=O)=C1/N=C(C(=O)NCc2ccc(F)c(F)c2)C=C(C(=O)O)N1.C/C=C/Cl.C/C=C\C. The number of aliphatic imine (C=N–C) groups is 1. The predicted octanol–water partition coefficient (Wildman–Crippen LogP) is 3.65. The van der Waals surface area contributed by atoms with E-state index in [-0.39, 0.29) is 29.3 Å². The van der Waals surface area contributed by atoms with Gasteiger partial charge in [-0.2, -0.15) is 0 Å². The Morgan fingerprint density at radius 3 is 2.18 bits per heavy atom. The highest BCUT2D eigenvalue weighted by Gasteiger charge is 2.22. The molecular weight excluding hydrogens is 470 g/mol. The first-order chi connectivity index (χ1) is 16.0. The largest absolute Gasteiger partial charge is 0.477 e. The van der Waals surface area contributed by atoms with Crippen molar-refractivity contribution in [3.8, 4) is 0 Å². The Balaban J connectivity index is 0.00000118. The molecule has 0 radical (unpaired) electrons. The maximum Gasteiger partial charge on any atom is 0.352 e. The number of benzene rings is 1. The molecule has 184 valence electrons. The Labute approximate surface area is 201 Å². The van der Waals surface area contributed by atoms with E-state index in [2.05, 4.69) is 15.6 Å². The minimum absolute atomic E-state index is 0.0669. The smallest absolute Gasteiger partial charge is 0.352 e. The van der Waals surface area contributed by atoms with Crippen molar-refractivity contribution in [1.29, 1.82) is 0 Å². The summed E-state index contributed by atoms with van der Waals surface area (Å²) in [4.78, 5) is 38.5. The number of amides is 2. The van der Waals surface area contributed by atoms with Gasteiger partial charge in [-0.3, -0.25) is 9.59 Å². The van der Waals surface area contributed by atoms with Crippen molar-refractivity contribution < 1.29 is 28.3 Å². The molecule has 0 unspecified atom stereocenters. The van der Waals surface area contributed by atoms with Crippen molar-refractivity contribution in [2.24, 2.45) is 10.7 Å². The standard InChI is InChI=1S/C16H14F2N4O4.C4H8.C3H5Cl/c1-7(13(19)23)14-21-11(5-12(22-14)16(25)26)15(24)20-6-8-2-3-9(17)10(18)4-8;1-3-4-2;1-2-3-4/h2-5,22H,6H2,1H3,(H2,19,23)(H,20,24)(H,25,26);3-4H,1-2H3;2-3H,1H3/b14-7+;4-3-;3-2+. The van der Waals surface area contributed by atoms with Crippen LogP contribution < -0.4 is 16.4 Å². The fourth-order valence-electron chi connectivity index (χ4n) is 1.93. The number of rotatable bonds is 5. The minimum atomic E-state index is -1.37. The highest BCUT2D eigenvalue weighted by atomic mass is 35.5. The van der Waals surface area contributed by atoms with Crippen molar-refractivity contribution >= 4 is 35.1 Å². The molecule has 2 amide bonds. The van der Waals surface area contributed by atoms with Gasteiger partial charge in [-0.1, -0.05) is 35.9 Å². The van der Waals surface area contributed by atoms with Gasteiger partial charge in [-0.05, 0) is 50.9 Å². The molecule has 0 spiro atoms. The van der Waals surface area contributed by atoms with Crippen molar-refractivity contribution in [3.63, 3.8) is 0 Å². The molecule has 2 rings (SSSR count). The zero-order chi connectivity index (χ0) is 26.3. The van der Waals surface area contributed by atoms with Gasteiger partial charge in [0.05, 0.1) is 5.57 Å². The van der Waals surface area contributed by atoms with Crippen LogP contribution in [0.2, 0.25) is 0 Å². The number of carbonyl (C=O) groups excluding carboxylic acids is 2. The molecule has 1 aliphatic rings. The molecule has 1 aliphatic heterocycles. The molecule has 0 saturated carbocycles. The van der Waals surface area contributed by atoms with Crippen molar-refractivity contribution in [2.45, 2.75) is 34.2 Å². The first kappa shape index (κ1) is 30.2. The lowest BCUT2D eigenvalue weighted by atomic mass is 10.2. The Morgan fingerprint density at radius 1 is 1.15 bits per heavy atom. The second-order valence-corrected chi connectivity index (χ2v) is 6.63. The van der Waals surface area contributed by atoms with Crippen LogP contribution >= 0.6 is 11.6 Å². The second-order valence-electron chi connectivity index (χ2n) is 6.38. The summed E-state index contributed by atoms with van der Waals surface area (Å²) >= 11 is 5.01. The molecule has 1 aromatic rings. The van der Waals surface area contributed by atoms with Crippen molar-refractivity contribution in [3.05, 3.63) is 82.3 Å². The highest BCUT2D eigenvalue weighted by Crippen LogP contribution is 2.12. The molecular formula is C23H27ClF2N4O4. The lowest BCUT2D eigenvalue weighted by Crippen LogP contribution is -2.35. The summed E-state index contributed by atoms with van der Waals surface area (Å²) in [6.07, 6.45) is 6.74. The lowest BCUT2D eigenvalue weighted by molar-refractivity contribution is -0.133. The third-order valence-corrected chi connectivity index (χ3v) is 4.10. The third kappa shape index (κ3) is 10.7. The normalized spacial score (nSPS) is 14.0. The summed E-state index contributed by atoms with van der Waals surface area (Å²) < 4.78 is 26.1. The van der Waals surface area contributed by atoms with Crippen LogP contribution in [0.15, 0.2) is 70.1 Å². The molecule has 1 aromatic carbocycles. The Kier molecular flexibility index (Phi) is 14.1. The number of hydrogen-bond acceptors (Lipinski definition) is 5. The number of hydrogen-bond donors (Lipinski definition) is 4. The number of carboxylic acid groups (broad SMARTS) is 1. The predicted molar refractivity (Wildman–Crippen MR) is 128 cm³/mol. The summed E-state index contributed by atoms with van der Waals surface area (Å²) in [5.74, 6) is -5.25. The van der Waals surface area contributed by atoms with E-state index in [1.165, 1.54) is 18.5 Å². The molecule has 0 fully saturated rings. The molecule has 0 bridgehead atoms. The molecule has 0 aliphatic carbocycles. The molecule has 0 atom stereocenters. The van der Waals surface area contributed by atoms with E-state index < -0.39 is 29.4 Å². The third-order valence-electron chi connectivity index (χ3n) is 3.85. The topological polar surface area (TPSA) is 134 Å². The molecule has 1 heterocycles. The second kappa shape index (κ2) is 15.9. The fourth-order valence-corrected chi connectivity index (χ4v) is 1.93. The Bertz CT molecular complexity index is 1030.